The Morgan fingerprint density at radius 2 is 1.89 bits per heavy atom. The molecule has 2 saturated heterocycles. The van der Waals surface area contributed by atoms with Crippen LogP contribution in [0.1, 0.15) is 38.5 Å². The largest absolute Gasteiger partial charge is 0.338 e. The summed E-state index contributed by atoms with van der Waals surface area (Å²) in [6, 6.07) is 0.117. The fourth-order valence-electron chi connectivity index (χ4n) is 2.80. The van der Waals surface area contributed by atoms with Gasteiger partial charge < -0.3 is 10.6 Å². The summed E-state index contributed by atoms with van der Waals surface area (Å²) in [6.45, 7) is 1.43. The molecule has 106 valence electrons. The van der Waals surface area contributed by atoms with Gasteiger partial charge in [-0.25, -0.2) is 0 Å². The molecule has 2 N–H and O–H groups in total. The van der Waals surface area contributed by atoms with Crippen molar-refractivity contribution in [2.24, 2.45) is 5.73 Å². The molecule has 6 nitrogen and oxygen atoms in total. The summed E-state index contributed by atoms with van der Waals surface area (Å²) in [6.07, 6.45) is 3.83. The number of hydrogen-bond acceptors (Lipinski definition) is 4. The summed E-state index contributed by atoms with van der Waals surface area (Å²) in [7, 11) is 0. The third-order valence-corrected chi connectivity index (χ3v) is 3.92. The highest BCUT2D eigenvalue weighted by molar-refractivity contribution is 6.02. The van der Waals surface area contributed by atoms with Crippen molar-refractivity contribution in [2.75, 3.05) is 19.6 Å². The van der Waals surface area contributed by atoms with E-state index >= 15 is 0 Å². The maximum atomic E-state index is 12.2. The Bertz CT molecular complexity index is 367. The van der Waals surface area contributed by atoms with Gasteiger partial charge in [0.05, 0.1) is 0 Å². The number of hydrogen-bond donors (Lipinski definition) is 1. The third-order valence-electron chi connectivity index (χ3n) is 3.92. The molecule has 2 aliphatic heterocycles. The van der Waals surface area contributed by atoms with Gasteiger partial charge in [0.25, 0.3) is 0 Å². The molecule has 0 bridgehead atoms. The Labute approximate surface area is 112 Å². The van der Waals surface area contributed by atoms with E-state index in [0.717, 1.165) is 25.8 Å². The minimum atomic E-state index is -0.160. The topological polar surface area (TPSA) is 83.7 Å². The molecule has 2 aliphatic rings. The van der Waals surface area contributed by atoms with Crippen LogP contribution in [0.25, 0.3) is 0 Å². The summed E-state index contributed by atoms with van der Waals surface area (Å²) in [5.41, 5.74) is 5.68. The number of rotatable bonds is 4. The number of nitrogens with two attached hydrogens (primary N) is 1. The van der Waals surface area contributed by atoms with Crippen LogP contribution in [0, 0.1) is 0 Å². The van der Waals surface area contributed by atoms with E-state index in [1.54, 1.807) is 0 Å². The van der Waals surface area contributed by atoms with Crippen LogP contribution in [0.15, 0.2) is 0 Å². The van der Waals surface area contributed by atoms with E-state index in [1.807, 2.05) is 4.90 Å². The van der Waals surface area contributed by atoms with Gasteiger partial charge in [0.15, 0.2) is 0 Å². The van der Waals surface area contributed by atoms with Crippen LogP contribution in [-0.2, 0) is 14.4 Å². The SMILES string of the molecule is NCC1CCCCN1C(=O)CCN1C(=O)CCC1=O. The van der Waals surface area contributed by atoms with E-state index in [9.17, 15) is 14.4 Å². The van der Waals surface area contributed by atoms with Crippen LogP contribution < -0.4 is 5.73 Å². The Morgan fingerprint density at radius 1 is 1.21 bits per heavy atom. The molecule has 0 aliphatic carbocycles. The van der Waals surface area contributed by atoms with Gasteiger partial charge in [0.1, 0.15) is 0 Å². The molecule has 2 rings (SSSR count). The minimum Gasteiger partial charge on any atom is -0.338 e. The van der Waals surface area contributed by atoms with Gasteiger partial charge in [-0.1, -0.05) is 0 Å². The highest BCUT2D eigenvalue weighted by Crippen LogP contribution is 2.18. The first kappa shape index (κ1) is 14.0. The zero-order valence-electron chi connectivity index (χ0n) is 11.1. The normalized spacial score (nSPS) is 24.2. The molecule has 0 aromatic heterocycles. The fourth-order valence-corrected chi connectivity index (χ4v) is 2.80. The number of carbonyl (C=O) groups is 3. The van der Waals surface area contributed by atoms with E-state index in [1.165, 1.54) is 4.90 Å². The van der Waals surface area contributed by atoms with Crippen molar-refractivity contribution < 1.29 is 14.4 Å². The second-order valence-corrected chi connectivity index (χ2v) is 5.16. The molecule has 1 atom stereocenters. The molecule has 2 heterocycles. The van der Waals surface area contributed by atoms with Crippen molar-refractivity contribution in [3.8, 4) is 0 Å². The van der Waals surface area contributed by atoms with Gasteiger partial charge in [-0.2, -0.15) is 0 Å². The van der Waals surface area contributed by atoms with E-state index < -0.39 is 0 Å². The molecule has 0 radical (unpaired) electrons. The van der Waals surface area contributed by atoms with E-state index in [4.69, 9.17) is 5.73 Å². The van der Waals surface area contributed by atoms with Gasteiger partial charge in [-0.15, -0.1) is 0 Å². The van der Waals surface area contributed by atoms with Gasteiger partial charge in [0, 0.05) is 44.9 Å². The van der Waals surface area contributed by atoms with Gasteiger partial charge in [-0.3, -0.25) is 19.3 Å². The van der Waals surface area contributed by atoms with Crippen LogP contribution in [0.5, 0.6) is 0 Å². The molecule has 3 amide bonds. The first-order valence-corrected chi connectivity index (χ1v) is 6.96. The fraction of sp³-hybridized carbons (Fsp3) is 0.769. The monoisotopic (exact) mass is 267 g/mol. The number of carbonyl (C=O) groups excluding carboxylic acids is 3. The lowest BCUT2D eigenvalue weighted by Crippen LogP contribution is -2.48. The summed E-state index contributed by atoms with van der Waals surface area (Å²) in [5.74, 6) is -0.318. The molecule has 0 aromatic carbocycles. The van der Waals surface area contributed by atoms with E-state index in [0.29, 0.717) is 6.54 Å². The van der Waals surface area contributed by atoms with Crippen molar-refractivity contribution in [1.29, 1.82) is 0 Å². The highest BCUT2D eigenvalue weighted by Gasteiger charge is 2.31. The maximum absolute atomic E-state index is 12.2. The molecule has 19 heavy (non-hydrogen) atoms. The molecule has 0 saturated carbocycles. The summed E-state index contributed by atoms with van der Waals surface area (Å²) in [5, 5.41) is 0. The molecule has 6 heteroatoms. The van der Waals surface area contributed by atoms with Crippen molar-refractivity contribution in [1.82, 2.24) is 9.80 Å². The van der Waals surface area contributed by atoms with Gasteiger partial charge in [-0.05, 0) is 19.3 Å². The first-order chi connectivity index (χ1) is 9.13. The van der Waals surface area contributed by atoms with Crippen LogP contribution >= 0.6 is 0 Å². The van der Waals surface area contributed by atoms with E-state index in [-0.39, 0.29) is 49.6 Å². The summed E-state index contributed by atoms with van der Waals surface area (Å²) in [4.78, 5) is 38.1. The molecule has 1 unspecified atom stereocenters. The Morgan fingerprint density at radius 3 is 2.53 bits per heavy atom. The number of amides is 3. The highest BCUT2D eigenvalue weighted by atomic mass is 16.2. The third kappa shape index (κ3) is 3.12. The molecular formula is C13H21N3O3. The lowest BCUT2D eigenvalue weighted by molar-refractivity contribution is -0.140. The lowest BCUT2D eigenvalue weighted by atomic mass is 10.0. The van der Waals surface area contributed by atoms with Crippen LogP contribution in [0.4, 0.5) is 0 Å². The Hall–Kier alpha value is -1.43. The summed E-state index contributed by atoms with van der Waals surface area (Å²) < 4.78 is 0. The number of piperidine rings is 1. The average Bonchev–Trinajstić information content (AvgIpc) is 2.75. The van der Waals surface area contributed by atoms with Gasteiger partial charge in [0.2, 0.25) is 17.7 Å². The number of imide groups is 1. The standard InChI is InChI=1S/C13H21N3O3/c14-9-10-3-1-2-7-15(10)13(19)6-8-16-11(17)4-5-12(16)18/h10H,1-9,14H2. The average molecular weight is 267 g/mol. The number of likely N-dealkylation sites (tertiary alicyclic amines) is 2. The quantitative estimate of drug-likeness (QED) is 0.719. The van der Waals surface area contributed by atoms with Crippen molar-refractivity contribution in [3.05, 3.63) is 0 Å². The van der Waals surface area contributed by atoms with Crippen LogP contribution in [0.3, 0.4) is 0 Å². The Balaban J connectivity index is 1.86. The Kier molecular flexibility index (Phi) is 4.52. The van der Waals surface area contributed by atoms with Crippen LogP contribution in [-0.4, -0.2) is 53.2 Å². The zero-order chi connectivity index (χ0) is 13.8. The van der Waals surface area contributed by atoms with Crippen molar-refractivity contribution in [2.45, 2.75) is 44.6 Å². The van der Waals surface area contributed by atoms with E-state index in [2.05, 4.69) is 0 Å². The molecule has 0 aromatic rings. The summed E-state index contributed by atoms with van der Waals surface area (Å²) >= 11 is 0. The smallest absolute Gasteiger partial charge is 0.229 e. The van der Waals surface area contributed by atoms with Gasteiger partial charge >= 0.3 is 0 Å². The second kappa shape index (κ2) is 6.14. The second-order valence-electron chi connectivity index (χ2n) is 5.16. The predicted molar refractivity (Wildman–Crippen MR) is 69.0 cm³/mol. The number of nitrogens with zero attached hydrogens (tertiary/aromatic N) is 2. The lowest BCUT2D eigenvalue weighted by Gasteiger charge is -2.35. The maximum Gasteiger partial charge on any atom is 0.229 e. The van der Waals surface area contributed by atoms with Crippen molar-refractivity contribution >= 4 is 17.7 Å². The first-order valence-electron chi connectivity index (χ1n) is 6.96. The molecular weight excluding hydrogens is 246 g/mol. The van der Waals surface area contributed by atoms with Crippen LogP contribution in [0.2, 0.25) is 0 Å². The zero-order valence-corrected chi connectivity index (χ0v) is 11.1. The minimum absolute atomic E-state index is 0.00245. The van der Waals surface area contributed by atoms with Crippen molar-refractivity contribution in [3.63, 3.8) is 0 Å². The molecule has 2 fully saturated rings. The predicted octanol–water partition coefficient (Wildman–Crippen LogP) is -0.135. The molecule has 0 spiro atoms.